The first-order valence-corrected chi connectivity index (χ1v) is 12.0. The van der Waals surface area contributed by atoms with Crippen molar-refractivity contribution in [1.82, 2.24) is 0 Å². The number of hydrogen-bond donors (Lipinski definition) is 3. The third kappa shape index (κ3) is 5.72. The van der Waals surface area contributed by atoms with Gasteiger partial charge in [0, 0.05) is 18.3 Å². The lowest BCUT2D eigenvalue weighted by molar-refractivity contribution is -1.07. The smallest absolute Gasteiger partial charge is 0.190 e. The van der Waals surface area contributed by atoms with Crippen LogP contribution in [0.5, 0.6) is 0 Å². The summed E-state index contributed by atoms with van der Waals surface area (Å²) in [5.41, 5.74) is 0. The highest BCUT2D eigenvalue weighted by atomic mass is 127. The highest BCUT2D eigenvalue weighted by Gasteiger charge is 2.39. The van der Waals surface area contributed by atoms with E-state index in [1.54, 1.807) is 0 Å². The Morgan fingerprint density at radius 1 is 1.00 bits per heavy atom. The molecule has 6 unspecified atom stereocenters. The van der Waals surface area contributed by atoms with Crippen LogP contribution in [0.4, 0.5) is 0 Å². The molecule has 3 rings (SSSR count). The van der Waals surface area contributed by atoms with Crippen molar-refractivity contribution in [3.05, 3.63) is 5.21 Å². The normalized spacial score (nSPS) is 36.9. The van der Waals surface area contributed by atoms with E-state index in [9.17, 15) is 20.0 Å². The summed E-state index contributed by atoms with van der Waals surface area (Å²) in [4.78, 5) is 26.9. The molecule has 3 aliphatic rings. The third-order valence-corrected chi connectivity index (χ3v) is 8.48. The van der Waals surface area contributed by atoms with Crippen molar-refractivity contribution < 1.29 is 24.9 Å². The van der Waals surface area contributed by atoms with E-state index >= 15 is 0 Å². The van der Waals surface area contributed by atoms with Gasteiger partial charge in [-0.05, 0) is 38.5 Å². The summed E-state index contributed by atoms with van der Waals surface area (Å²) < 4.78 is 0.129. The molecule has 3 fully saturated rings. The highest BCUT2D eigenvalue weighted by Crippen LogP contribution is 2.29. The number of nitrogens with one attached hydrogen (secondary N) is 2. The monoisotopic (exact) mass is 493 g/mol. The summed E-state index contributed by atoms with van der Waals surface area (Å²) in [5, 5.41) is 20.1. The predicted octanol–water partition coefficient (Wildman–Crippen LogP) is 0.744. The number of carbonyl (C=O) groups excluding carboxylic acids is 2. The van der Waals surface area contributed by atoms with Crippen LogP contribution in [0.1, 0.15) is 64.2 Å². The molecule has 2 aliphatic carbocycles. The first-order valence-electron chi connectivity index (χ1n) is 10.7. The maximum Gasteiger partial charge on any atom is 0.190 e. The van der Waals surface area contributed by atoms with Gasteiger partial charge < -0.3 is 10.1 Å². The van der Waals surface area contributed by atoms with Gasteiger partial charge in [0.25, 0.3) is 0 Å². The van der Waals surface area contributed by atoms with Crippen molar-refractivity contribution in [3.63, 3.8) is 0 Å². The summed E-state index contributed by atoms with van der Waals surface area (Å²) in [6.45, 7) is 2.23. The van der Waals surface area contributed by atoms with Gasteiger partial charge in [0.15, 0.2) is 5.78 Å². The van der Waals surface area contributed by atoms with Crippen molar-refractivity contribution >= 4 is 34.2 Å². The van der Waals surface area contributed by atoms with Gasteiger partial charge in [-0.25, -0.2) is 10.4 Å². The minimum absolute atomic E-state index is 0.112. The molecule has 1 aliphatic heterocycles. The number of carbonyl (C=O) groups is 2. The molecule has 154 valence electrons. The van der Waals surface area contributed by atoms with Crippen LogP contribution in [-0.4, -0.2) is 46.4 Å². The molecule has 27 heavy (non-hydrogen) atoms. The number of ketones is 2. The number of piperidine rings is 1. The molecule has 3 N–H and O–H groups in total. The van der Waals surface area contributed by atoms with Crippen molar-refractivity contribution in [1.29, 1.82) is 0 Å². The van der Waals surface area contributed by atoms with Crippen molar-refractivity contribution in [2.45, 2.75) is 74.2 Å². The Hall–Kier alpha value is -0.0900. The maximum absolute atomic E-state index is 12.9. The molecule has 6 atom stereocenters. The fraction of sp³-hybridized carbons (Fsp3) is 0.900. The van der Waals surface area contributed by atoms with E-state index in [2.05, 4.69) is 22.6 Å². The average Bonchev–Trinajstić information content (AvgIpc) is 2.68. The van der Waals surface area contributed by atoms with E-state index in [1.807, 2.05) is 0 Å². The number of likely N-dealkylation sites (tertiary alicyclic amines) is 1. The summed E-state index contributed by atoms with van der Waals surface area (Å²) in [7, 11) is 0. The summed E-state index contributed by atoms with van der Waals surface area (Å²) in [6.07, 6.45) is 9.85. The molecule has 1 saturated heterocycles. The van der Waals surface area contributed by atoms with Crippen LogP contribution in [0.25, 0.3) is 0 Å². The minimum atomic E-state index is -0.768. The van der Waals surface area contributed by atoms with Gasteiger partial charge in [0.1, 0.15) is 18.4 Å². The summed E-state index contributed by atoms with van der Waals surface area (Å²) in [6, 6.07) is -0.398. The Bertz CT molecular complexity index is 524. The number of rotatable bonds is 6. The fourth-order valence-corrected chi connectivity index (χ4v) is 6.31. The maximum atomic E-state index is 12.9. The van der Waals surface area contributed by atoms with Crippen LogP contribution in [0.2, 0.25) is 0 Å². The predicted molar refractivity (Wildman–Crippen MR) is 110 cm³/mol. The SMILES string of the molecule is O=C(C[NH+]1CCCC(C(=O)C2CCCCC2)C1)C1CCC(I)C([NH+]([O-])O)C1. The lowest BCUT2D eigenvalue weighted by Crippen LogP contribution is -3.14. The van der Waals surface area contributed by atoms with Crippen LogP contribution in [0, 0.1) is 23.0 Å². The fourth-order valence-electron chi connectivity index (χ4n) is 5.35. The molecule has 0 aromatic carbocycles. The molecule has 0 amide bonds. The van der Waals surface area contributed by atoms with Gasteiger partial charge in [-0.2, -0.15) is 0 Å². The third-order valence-electron chi connectivity index (χ3n) is 6.99. The largest absolute Gasteiger partial charge is 0.600 e. The summed E-state index contributed by atoms with van der Waals surface area (Å²) >= 11 is 2.22. The van der Waals surface area contributed by atoms with E-state index in [1.165, 1.54) is 24.2 Å². The van der Waals surface area contributed by atoms with Gasteiger partial charge in [-0.1, -0.05) is 41.9 Å². The minimum Gasteiger partial charge on any atom is -0.600 e. The van der Waals surface area contributed by atoms with Crippen molar-refractivity contribution in [2.24, 2.45) is 17.8 Å². The second-order valence-electron chi connectivity index (χ2n) is 8.89. The van der Waals surface area contributed by atoms with Gasteiger partial charge in [0.05, 0.1) is 22.9 Å². The van der Waals surface area contributed by atoms with Crippen molar-refractivity contribution in [2.75, 3.05) is 19.6 Å². The molecule has 1 heterocycles. The Balaban J connectivity index is 1.51. The zero-order chi connectivity index (χ0) is 19.4. The lowest BCUT2D eigenvalue weighted by atomic mass is 9.79. The molecule has 0 aromatic rings. The molecule has 2 saturated carbocycles. The Morgan fingerprint density at radius 2 is 1.70 bits per heavy atom. The molecule has 6 nitrogen and oxygen atoms in total. The second-order valence-corrected chi connectivity index (χ2v) is 10.5. The first kappa shape index (κ1) is 21.6. The van der Waals surface area contributed by atoms with Gasteiger partial charge in [-0.15, -0.1) is 0 Å². The molecule has 0 bridgehead atoms. The molecule has 0 spiro atoms. The number of hydroxylamine groups is 2. The molecular weight excluding hydrogens is 459 g/mol. The topological polar surface area (TPSA) is 86.3 Å². The first-order chi connectivity index (χ1) is 13.0. The van der Waals surface area contributed by atoms with Crippen molar-refractivity contribution in [3.8, 4) is 0 Å². The summed E-state index contributed by atoms with van der Waals surface area (Å²) in [5.74, 6) is 0.940. The van der Waals surface area contributed by atoms with E-state index in [0.717, 1.165) is 51.6 Å². The molecule has 7 heteroatoms. The zero-order valence-corrected chi connectivity index (χ0v) is 18.3. The standard InChI is InChI=1S/C20H33IN2O4/c21-17-9-8-15(11-18(17)23(26)27)19(24)13-22-10-4-7-16(12-22)20(25)14-5-2-1-3-6-14/h14-18,23,26H,1-13H2/p+1. The number of Topliss-reactive ketones (excluding diaryl/α,β-unsaturated/α-hetero) is 2. The van der Waals surface area contributed by atoms with E-state index in [4.69, 9.17) is 0 Å². The number of quaternary nitrogens is 2. The van der Waals surface area contributed by atoms with E-state index < -0.39 is 11.3 Å². The van der Waals surface area contributed by atoms with Gasteiger partial charge >= 0.3 is 0 Å². The number of alkyl halides is 1. The lowest BCUT2D eigenvalue weighted by Gasteiger charge is -2.36. The number of halogens is 1. The Labute approximate surface area is 175 Å². The van der Waals surface area contributed by atoms with Crippen LogP contribution in [0.3, 0.4) is 0 Å². The van der Waals surface area contributed by atoms with Crippen LogP contribution in [0.15, 0.2) is 0 Å². The molecule has 0 aromatic heterocycles. The van der Waals surface area contributed by atoms with Crippen LogP contribution >= 0.6 is 22.6 Å². The molecular formula is C20H34IN2O4+. The second kappa shape index (κ2) is 10.1. The molecule has 0 radical (unpaired) electrons. The van der Waals surface area contributed by atoms with E-state index in [-0.39, 0.29) is 27.5 Å². The van der Waals surface area contributed by atoms with Gasteiger partial charge in [-0.3, -0.25) is 9.59 Å². The van der Waals surface area contributed by atoms with E-state index in [0.29, 0.717) is 18.7 Å². The van der Waals surface area contributed by atoms with Crippen LogP contribution < -0.4 is 10.1 Å². The zero-order valence-electron chi connectivity index (χ0n) is 16.1. The van der Waals surface area contributed by atoms with Gasteiger partial charge in [0.2, 0.25) is 0 Å². The Kier molecular flexibility index (Phi) is 8.08. The van der Waals surface area contributed by atoms with Crippen LogP contribution in [-0.2, 0) is 9.59 Å². The number of hydrogen-bond acceptors (Lipinski definition) is 4. The highest BCUT2D eigenvalue weighted by molar-refractivity contribution is 14.1. The quantitative estimate of drug-likeness (QED) is 0.290. The average molecular weight is 493 g/mol. The Morgan fingerprint density at radius 3 is 2.41 bits per heavy atom.